The van der Waals surface area contributed by atoms with E-state index in [1.165, 1.54) is 30.5 Å². The number of hydrogen-bond acceptors (Lipinski definition) is 5. The van der Waals surface area contributed by atoms with E-state index in [1.807, 2.05) is 0 Å². The molecule has 9 heteroatoms. The molecule has 0 atom stereocenters. The Kier molecular flexibility index (Phi) is 5.33. The highest BCUT2D eigenvalue weighted by atomic mass is 32.2. The zero-order chi connectivity index (χ0) is 19.4. The molecule has 0 saturated carbocycles. The van der Waals surface area contributed by atoms with Gasteiger partial charge in [-0.15, -0.1) is 0 Å². The summed E-state index contributed by atoms with van der Waals surface area (Å²) in [6.07, 6.45) is 4.95. The van der Waals surface area contributed by atoms with Crippen molar-refractivity contribution >= 4 is 21.6 Å². The number of anilines is 1. The Hall–Kier alpha value is -3.04. The van der Waals surface area contributed by atoms with E-state index >= 15 is 0 Å². The van der Waals surface area contributed by atoms with Crippen LogP contribution in [0.1, 0.15) is 24.2 Å². The molecule has 0 aliphatic rings. The molecule has 1 aromatic carbocycles. The van der Waals surface area contributed by atoms with Crippen LogP contribution in [-0.4, -0.2) is 35.1 Å². The standard InChI is InChI=1S/C18H19N5O3S/c1-13(2)22-27(25,26)16-7-4-14(5-8-16)18(24)21-15-6-9-17(19-12-15)23-11-3-10-20-23/h3-13,22H,1-2H3,(H,21,24). The van der Waals surface area contributed by atoms with E-state index in [2.05, 4.69) is 20.1 Å². The Morgan fingerprint density at radius 1 is 1.11 bits per heavy atom. The maximum atomic E-state index is 12.3. The summed E-state index contributed by atoms with van der Waals surface area (Å²) in [5.41, 5.74) is 0.865. The molecule has 2 N–H and O–H groups in total. The SMILES string of the molecule is CC(C)NS(=O)(=O)c1ccc(C(=O)Nc2ccc(-n3cccn3)nc2)cc1. The van der Waals surface area contributed by atoms with Gasteiger partial charge >= 0.3 is 0 Å². The lowest BCUT2D eigenvalue weighted by molar-refractivity contribution is 0.102. The van der Waals surface area contributed by atoms with Crippen LogP contribution in [0.2, 0.25) is 0 Å². The van der Waals surface area contributed by atoms with Crippen LogP contribution < -0.4 is 10.0 Å². The number of benzene rings is 1. The number of nitrogens with zero attached hydrogens (tertiary/aromatic N) is 3. The maximum absolute atomic E-state index is 12.3. The molecular formula is C18H19N5O3S. The summed E-state index contributed by atoms with van der Waals surface area (Å²) in [7, 11) is -3.59. The van der Waals surface area contributed by atoms with Gasteiger partial charge in [0.25, 0.3) is 5.91 Å². The number of aromatic nitrogens is 3. The lowest BCUT2D eigenvalue weighted by atomic mass is 10.2. The largest absolute Gasteiger partial charge is 0.321 e. The molecule has 0 aliphatic carbocycles. The third-order valence-corrected chi connectivity index (χ3v) is 5.24. The van der Waals surface area contributed by atoms with Crippen LogP contribution in [0.5, 0.6) is 0 Å². The van der Waals surface area contributed by atoms with E-state index in [9.17, 15) is 13.2 Å². The molecule has 140 valence electrons. The smallest absolute Gasteiger partial charge is 0.255 e. The Morgan fingerprint density at radius 2 is 1.85 bits per heavy atom. The van der Waals surface area contributed by atoms with E-state index < -0.39 is 10.0 Å². The second-order valence-corrected chi connectivity index (χ2v) is 7.82. The minimum atomic E-state index is -3.59. The first-order valence-corrected chi connectivity index (χ1v) is 9.73. The Labute approximate surface area is 157 Å². The number of rotatable bonds is 6. The van der Waals surface area contributed by atoms with Crippen LogP contribution in [0.4, 0.5) is 5.69 Å². The van der Waals surface area contributed by atoms with E-state index in [0.717, 1.165) is 0 Å². The van der Waals surface area contributed by atoms with Gasteiger partial charge in [-0.05, 0) is 56.3 Å². The second-order valence-electron chi connectivity index (χ2n) is 6.11. The Bertz CT molecular complexity index is 1010. The van der Waals surface area contributed by atoms with E-state index in [0.29, 0.717) is 17.1 Å². The van der Waals surface area contributed by atoms with Crippen molar-refractivity contribution in [3.05, 3.63) is 66.6 Å². The van der Waals surface area contributed by atoms with Gasteiger partial charge in [0.05, 0.1) is 16.8 Å². The summed E-state index contributed by atoms with van der Waals surface area (Å²) >= 11 is 0. The molecule has 3 aromatic rings. The molecule has 0 spiro atoms. The normalized spacial score (nSPS) is 11.5. The predicted molar refractivity (Wildman–Crippen MR) is 101 cm³/mol. The zero-order valence-electron chi connectivity index (χ0n) is 14.8. The van der Waals surface area contributed by atoms with Crippen molar-refractivity contribution in [3.8, 4) is 5.82 Å². The van der Waals surface area contributed by atoms with Crippen molar-refractivity contribution in [2.24, 2.45) is 0 Å². The maximum Gasteiger partial charge on any atom is 0.255 e. The van der Waals surface area contributed by atoms with Crippen LogP contribution in [0.15, 0.2) is 66.0 Å². The first-order chi connectivity index (χ1) is 12.8. The van der Waals surface area contributed by atoms with Crippen LogP contribution in [0.25, 0.3) is 5.82 Å². The summed E-state index contributed by atoms with van der Waals surface area (Å²) in [5, 5.41) is 6.81. The minimum absolute atomic E-state index is 0.109. The number of hydrogen-bond donors (Lipinski definition) is 2. The lowest BCUT2D eigenvalue weighted by Gasteiger charge is -2.10. The Balaban J connectivity index is 1.69. The average molecular weight is 385 g/mol. The fourth-order valence-corrected chi connectivity index (χ4v) is 3.62. The monoisotopic (exact) mass is 385 g/mol. The fourth-order valence-electron chi connectivity index (χ4n) is 2.37. The highest BCUT2D eigenvalue weighted by Crippen LogP contribution is 2.14. The van der Waals surface area contributed by atoms with Crippen molar-refractivity contribution in [2.45, 2.75) is 24.8 Å². The van der Waals surface area contributed by atoms with Gasteiger partial charge in [-0.3, -0.25) is 4.79 Å². The number of nitrogens with one attached hydrogen (secondary N) is 2. The number of carbonyl (C=O) groups is 1. The highest BCUT2D eigenvalue weighted by Gasteiger charge is 2.16. The van der Waals surface area contributed by atoms with Crippen LogP contribution in [0.3, 0.4) is 0 Å². The first-order valence-electron chi connectivity index (χ1n) is 8.25. The quantitative estimate of drug-likeness (QED) is 0.677. The molecule has 2 heterocycles. The molecule has 0 bridgehead atoms. The van der Waals surface area contributed by atoms with Crippen molar-refractivity contribution in [1.29, 1.82) is 0 Å². The van der Waals surface area contributed by atoms with Crippen molar-refractivity contribution in [1.82, 2.24) is 19.5 Å². The Morgan fingerprint density at radius 3 is 2.41 bits per heavy atom. The summed E-state index contributed by atoms with van der Waals surface area (Å²) in [6, 6.07) is 10.8. The third kappa shape index (κ3) is 4.57. The molecule has 8 nitrogen and oxygen atoms in total. The summed E-state index contributed by atoms with van der Waals surface area (Å²) in [5.74, 6) is 0.273. The van der Waals surface area contributed by atoms with Gasteiger partial charge in [0.15, 0.2) is 5.82 Å². The highest BCUT2D eigenvalue weighted by molar-refractivity contribution is 7.89. The summed E-state index contributed by atoms with van der Waals surface area (Å²) in [4.78, 5) is 16.7. The van der Waals surface area contributed by atoms with Crippen molar-refractivity contribution in [2.75, 3.05) is 5.32 Å². The molecule has 3 rings (SSSR count). The molecule has 0 radical (unpaired) electrons. The molecule has 0 saturated heterocycles. The van der Waals surface area contributed by atoms with Gasteiger partial charge in [-0.1, -0.05) is 0 Å². The van der Waals surface area contributed by atoms with Crippen LogP contribution in [-0.2, 0) is 10.0 Å². The summed E-state index contributed by atoms with van der Waals surface area (Å²) in [6.45, 7) is 3.48. The van der Waals surface area contributed by atoms with Gasteiger partial charge in [0, 0.05) is 24.0 Å². The number of carbonyl (C=O) groups excluding carboxylic acids is 1. The van der Waals surface area contributed by atoms with Crippen LogP contribution in [0, 0.1) is 0 Å². The van der Waals surface area contributed by atoms with Gasteiger partial charge in [-0.25, -0.2) is 22.8 Å². The zero-order valence-corrected chi connectivity index (χ0v) is 15.6. The number of sulfonamides is 1. The third-order valence-electron chi connectivity index (χ3n) is 3.56. The number of amides is 1. The molecule has 0 fully saturated rings. The van der Waals surface area contributed by atoms with E-state index in [1.54, 1.807) is 49.1 Å². The molecular weight excluding hydrogens is 366 g/mol. The lowest BCUT2D eigenvalue weighted by Crippen LogP contribution is -2.30. The average Bonchev–Trinajstić information content (AvgIpc) is 3.16. The van der Waals surface area contributed by atoms with E-state index in [-0.39, 0.29) is 16.8 Å². The summed E-state index contributed by atoms with van der Waals surface area (Å²) < 4.78 is 28.3. The molecule has 27 heavy (non-hydrogen) atoms. The van der Waals surface area contributed by atoms with Crippen LogP contribution >= 0.6 is 0 Å². The predicted octanol–water partition coefficient (Wildman–Crippen LogP) is 2.21. The van der Waals surface area contributed by atoms with Gasteiger partial charge in [-0.2, -0.15) is 5.10 Å². The minimum Gasteiger partial charge on any atom is -0.321 e. The van der Waals surface area contributed by atoms with E-state index in [4.69, 9.17) is 0 Å². The number of pyridine rings is 1. The second kappa shape index (κ2) is 7.68. The molecule has 0 aliphatic heterocycles. The van der Waals surface area contributed by atoms with Crippen molar-refractivity contribution < 1.29 is 13.2 Å². The van der Waals surface area contributed by atoms with Gasteiger partial charge in [0.1, 0.15) is 0 Å². The first kappa shape index (κ1) is 18.7. The fraction of sp³-hybridized carbons (Fsp3) is 0.167. The van der Waals surface area contributed by atoms with Gasteiger partial charge < -0.3 is 5.32 Å². The van der Waals surface area contributed by atoms with Crippen molar-refractivity contribution in [3.63, 3.8) is 0 Å². The molecule has 2 aromatic heterocycles. The topological polar surface area (TPSA) is 106 Å². The molecule has 1 amide bonds. The van der Waals surface area contributed by atoms with Gasteiger partial charge in [0.2, 0.25) is 10.0 Å². The molecule has 0 unspecified atom stereocenters.